The van der Waals surface area contributed by atoms with Crippen LogP contribution < -0.4 is 5.01 Å². The standard InChI is InChI=1S/C36H30ClN5O4S2/c37-28-13-15-31(16-14-28)47-25-34-33(36(43)42(38-34)30-9-5-2-6-10-30)23-27-24-41(29-7-3-1-4-8-29)39-35(27)26-11-17-32(18-12-26)48(44,45)40-19-21-46-22-20-40/h1-18,23-24H,19-22,25H2/b33-23-. The fraction of sp³-hybridized carbons (Fsp3) is 0.139. The molecule has 0 radical (unpaired) electrons. The lowest BCUT2D eigenvalue weighted by molar-refractivity contribution is -0.114. The topological polar surface area (TPSA) is 97.1 Å². The first-order chi connectivity index (χ1) is 23.4. The zero-order chi connectivity index (χ0) is 33.1. The number of aromatic nitrogens is 2. The summed E-state index contributed by atoms with van der Waals surface area (Å²) in [7, 11) is -3.67. The molecule has 12 heteroatoms. The smallest absolute Gasteiger partial charge is 0.280 e. The Morgan fingerprint density at radius 2 is 1.48 bits per heavy atom. The maximum absolute atomic E-state index is 14.0. The number of anilines is 1. The fourth-order valence-corrected chi connectivity index (χ4v) is 7.82. The van der Waals surface area contributed by atoms with Crippen molar-refractivity contribution in [1.29, 1.82) is 0 Å². The zero-order valence-electron chi connectivity index (χ0n) is 25.6. The minimum absolute atomic E-state index is 0.202. The molecule has 1 aromatic heterocycles. The number of para-hydroxylation sites is 2. The van der Waals surface area contributed by atoms with Crippen molar-refractivity contribution in [2.75, 3.05) is 37.1 Å². The van der Waals surface area contributed by atoms with E-state index in [4.69, 9.17) is 26.5 Å². The SMILES string of the molecule is O=C1/C(=C\c2cn(-c3ccccc3)nc2-c2ccc(S(=O)(=O)N3CCOCC3)cc2)C(CSc2ccc(Cl)cc2)=NN1c1ccccc1. The highest BCUT2D eigenvalue weighted by atomic mass is 35.5. The lowest BCUT2D eigenvalue weighted by Crippen LogP contribution is -2.40. The van der Waals surface area contributed by atoms with E-state index >= 15 is 0 Å². The van der Waals surface area contributed by atoms with Gasteiger partial charge in [0.05, 0.1) is 46.5 Å². The summed E-state index contributed by atoms with van der Waals surface area (Å²) >= 11 is 7.66. The molecule has 0 bridgehead atoms. The Hall–Kier alpha value is -4.52. The highest BCUT2D eigenvalue weighted by Crippen LogP contribution is 2.32. The van der Waals surface area contributed by atoms with E-state index in [1.807, 2.05) is 97.2 Å². The summed E-state index contributed by atoms with van der Waals surface area (Å²) in [5, 5.41) is 11.8. The fourth-order valence-electron chi connectivity index (χ4n) is 5.44. The van der Waals surface area contributed by atoms with Gasteiger partial charge in [-0.1, -0.05) is 60.1 Å². The van der Waals surface area contributed by atoms with Crippen molar-refractivity contribution in [2.45, 2.75) is 9.79 Å². The molecular weight excluding hydrogens is 666 g/mol. The molecule has 2 aliphatic rings. The van der Waals surface area contributed by atoms with Crippen molar-refractivity contribution in [3.05, 3.63) is 132 Å². The molecule has 1 amide bonds. The molecule has 2 aliphatic heterocycles. The Morgan fingerprint density at radius 1 is 0.833 bits per heavy atom. The minimum atomic E-state index is -3.67. The first kappa shape index (κ1) is 32.0. The van der Waals surface area contributed by atoms with Gasteiger partial charge < -0.3 is 4.74 Å². The van der Waals surface area contributed by atoms with Gasteiger partial charge in [0.2, 0.25) is 10.0 Å². The minimum Gasteiger partial charge on any atom is -0.379 e. The van der Waals surface area contributed by atoms with Crippen LogP contribution in [0.15, 0.2) is 136 Å². The highest BCUT2D eigenvalue weighted by Gasteiger charge is 2.32. The van der Waals surface area contributed by atoms with Crippen molar-refractivity contribution in [2.24, 2.45) is 5.10 Å². The lowest BCUT2D eigenvalue weighted by Gasteiger charge is -2.26. The summed E-state index contributed by atoms with van der Waals surface area (Å²) < 4.78 is 35.1. The summed E-state index contributed by atoms with van der Waals surface area (Å²) in [6.07, 6.45) is 3.70. The highest BCUT2D eigenvalue weighted by molar-refractivity contribution is 8.00. The molecule has 4 aromatic carbocycles. The van der Waals surface area contributed by atoms with Gasteiger partial charge in [-0.25, -0.2) is 13.1 Å². The van der Waals surface area contributed by atoms with Gasteiger partial charge in [-0.15, -0.1) is 11.8 Å². The molecule has 0 N–H and O–H groups in total. The largest absolute Gasteiger partial charge is 0.379 e. The molecule has 0 aliphatic carbocycles. The second-order valence-corrected chi connectivity index (χ2v) is 14.5. The van der Waals surface area contributed by atoms with Gasteiger partial charge in [0.1, 0.15) is 0 Å². The molecular formula is C36H30ClN5O4S2. The number of benzene rings is 4. The predicted molar refractivity (Wildman–Crippen MR) is 190 cm³/mol. The van der Waals surface area contributed by atoms with Gasteiger partial charge in [-0.3, -0.25) is 4.79 Å². The van der Waals surface area contributed by atoms with Gasteiger partial charge in [0.15, 0.2) is 0 Å². The zero-order valence-corrected chi connectivity index (χ0v) is 28.0. The van der Waals surface area contributed by atoms with Crippen molar-refractivity contribution in [3.8, 4) is 16.9 Å². The van der Waals surface area contributed by atoms with Crippen LogP contribution in [0.25, 0.3) is 23.0 Å². The Kier molecular flexibility index (Phi) is 9.29. The molecule has 0 unspecified atom stereocenters. The molecule has 3 heterocycles. The average Bonchev–Trinajstić information content (AvgIpc) is 3.70. The van der Waals surface area contributed by atoms with Crippen LogP contribution in [0, 0.1) is 0 Å². The summed E-state index contributed by atoms with van der Waals surface area (Å²) in [4.78, 5) is 15.2. The van der Waals surface area contributed by atoms with E-state index < -0.39 is 10.0 Å². The number of ether oxygens (including phenoxy) is 1. The van der Waals surface area contributed by atoms with Crippen LogP contribution in [0.2, 0.25) is 5.02 Å². The second kappa shape index (κ2) is 13.9. The number of carbonyl (C=O) groups excluding carboxylic acids is 1. The number of rotatable bonds is 9. The summed E-state index contributed by atoms with van der Waals surface area (Å²) in [5.74, 6) is 0.192. The summed E-state index contributed by atoms with van der Waals surface area (Å²) in [5.41, 5.74) is 4.55. The number of sulfonamides is 1. The van der Waals surface area contributed by atoms with E-state index in [-0.39, 0.29) is 10.8 Å². The van der Waals surface area contributed by atoms with Gasteiger partial charge in [0.25, 0.3) is 5.91 Å². The number of hydrazone groups is 1. The Morgan fingerprint density at radius 3 is 2.15 bits per heavy atom. The van der Waals surface area contributed by atoms with Crippen molar-refractivity contribution >= 4 is 56.8 Å². The van der Waals surface area contributed by atoms with Crippen molar-refractivity contribution < 1.29 is 17.9 Å². The third-order valence-electron chi connectivity index (χ3n) is 7.94. The normalized spacial score (nSPS) is 16.4. The third-order valence-corrected chi connectivity index (χ3v) is 11.1. The van der Waals surface area contributed by atoms with Crippen LogP contribution in [0.1, 0.15) is 5.56 Å². The number of morpholine rings is 1. The first-order valence-electron chi connectivity index (χ1n) is 15.3. The van der Waals surface area contributed by atoms with E-state index in [0.717, 1.165) is 10.6 Å². The van der Waals surface area contributed by atoms with E-state index in [9.17, 15) is 13.2 Å². The van der Waals surface area contributed by atoms with Crippen LogP contribution in [0.5, 0.6) is 0 Å². The van der Waals surface area contributed by atoms with E-state index in [1.165, 1.54) is 9.31 Å². The number of halogens is 1. The number of hydrogen-bond acceptors (Lipinski definition) is 7. The van der Waals surface area contributed by atoms with E-state index in [0.29, 0.717) is 70.9 Å². The van der Waals surface area contributed by atoms with Gasteiger partial charge in [0, 0.05) is 46.1 Å². The molecule has 7 rings (SSSR count). The van der Waals surface area contributed by atoms with E-state index in [1.54, 1.807) is 40.7 Å². The maximum Gasteiger partial charge on any atom is 0.280 e. The van der Waals surface area contributed by atoms with Gasteiger partial charge in [-0.2, -0.15) is 19.5 Å². The molecule has 5 aromatic rings. The average molecular weight is 696 g/mol. The molecule has 0 saturated carbocycles. The molecule has 0 spiro atoms. The molecule has 48 heavy (non-hydrogen) atoms. The lowest BCUT2D eigenvalue weighted by atomic mass is 10.0. The van der Waals surface area contributed by atoms with Crippen LogP contribution in [-0.2, 0) is 19.6 Å². The molecule has 1 fully saturated rings. The van der Waals surface area contributed by atoms with Crippen LogP contribution in [0.3, 0.4) is 0 Å². The van der Waals surface area contributed by atoms with Crippen LogP contribution >= 0.6 is 23.4 Å². The Balaban J connectivity index is 1.28. The molecule has 1 saturated heterocycles. The second-order valence-electron chi connectivity index (χ2n) is 11.1. The van der Waals surface area contributed by atoms with E-state index in [2.05, 4.69) is 0 Å². The maximum atomic E-state index is 14.0. The molecule has 242 valence electrons. The van der Waals surface area contributed by atoms with Crippen LogP contribution in [-0.4, -0.2) is 66.2 Å². The monoisotopic (exact) mass is 695 g/mol. The number of thioether (sulfide) groups is 1. The molecule has 0 atom stereocenters. The number of nitrogens with zero attached hydrogens (tertiary/aromatic N) is 5. The Labute approximate surface area is 288 Å². The summed E-state index contributed by atoms with van der Waals surface area (Å²) in [6.45, 7) is 1.38. The summed E-state index contributed by atoms with van der Waals surface area (Å²) in [6, 6.07) is 33.3. The number of hydrogen-bond donors (Lipinski definition) is 0. The number of carbonyl (C=O) groups is 1. The first-order valence-corrected chi connectivity index (χ1v) is 18.1. The quantitative estimate of drug-likeness (QED) is 0.124. The van der Waals surface area contributed by atoms with Crippen molar-refractivity contribution in [1.82, 2.24) is 14.1 Å². The van der Waals surface area contributed by atoms with Crippen LogP contribution in [0.4, 0.5) is 5.69 Å². The van der Waals surface area contributed by atoms with Crippen molar-refractivity contribution in [3.63, 3.8) is 0 Å². The number of amides is 1. The third kappa shape index (κ3) is 6.73. The van der Waals surface area contributed by atoms with Gasteiger partial charge >= 0.3 is 0 Å². The Bertz CT molecular complexity index is 2100. The van der Waals surface area contributed by atoms with Gasteiger partial charge in [-0.05, 0) is 66.7 Å². The molecule has 9 nitrogen and oxygen atoms in total. The predicted octanol–water partition coefficient (Wildman–Crippen LogP) is 6.79.